The van der Waals surface area contributed by atoms with Gasteiger partial charge < -0.3 is 16.2 Å². The van der Waals surface area contributed by atoms with Gasteiger partial charge in [0.25, 0.3) is 0 Å². The van der Waals surface area contributed by atoms with Crippen LogP contribution in [0.25, 0.3) is 0 Å². The van der Waals surface area contributed by atoms with Crippen molar-refractivity contribution in [3.8, 4) is 0 Å². The van der Waals surface area contributed by atoms with Crippen LogP contribution in [0.1, 0.15) is 40.5 Å². The highest BCUT2D eigenvalue weighted by atomic mass is 16.4. The molecule has 2 unspecified atom stereocenters. The van der Waals surface area contributed by atoms with Crippen LogP contribution in [-0.4, -0.2) is 29.6 Å². The molecule has 0 fully saturated rings. The first-order valence-corrected chi connectivity index (χ1v) is 6.06. The minimum absolute atomic E-state index is 0.102. The number of hydrogen-bond acceptors (Lipinski definition) is 3. The molecule has 5 heteroatoms. The van der Waals surface area contributed by atoms with Crippen LogP contribution in [0.2, 0.25) is 0 Å². The van der Waals surface area contributed by atoms with Gasteiger partial charge in [-0.3, -0.25) is 4.79 Å². The molecule has 5 nitrogen and oxygen atoms in total. The molecule has 0 saturated carbocycles. The fraction of sp³-hybridized carbons (Fsp3) is 0.833. The van der Waals surface area contributed by atoms with Gasteiger partial charge in [0.05, 0.1) is 5.41 Å². The van der Waals surface area contributed by atoms with E-state index in [9.17, 15) is 9.59 Å². The van der Waals surface area contributed by atoms with E-state index in [0.717, 1.165) is 0 Å². The van der Waals surface area contributed by atoms with E-state index in [1.54, 1.807) is 6.92 Å². The molecule has 0 aliphatic heterocycles. The van der Waals surface area contributed by atoms with E-state index in [1.165, 1.54) is 0 Å². The Bertz CT molecular complexity index is 275. The van der Waals surface area contributed by atoms with Gasteiger partial charge in [-0.15, -0.1) is 0 Å². The van der Waals surface area contributed by atoms with Gasteiger partial charge in [0, 0.05) is 6.54 Å². The second-order valence-electron chi connectivity index (χ2n) is 4.79. The van der Waals surface area contributed by atoms with Crippen molar-refractivity contribution in [2.24, 2.45) is 17.1 Å². The first-order valence-electron chi connectivity index (χ1n) is 6.06. The van der Waals surface area contributed by atoms with E-state index in [0.29, 0.717) is 12.8 Å². The first-order chi connectivity index (χ1) is 7.82. The number of aliphatic carboxylic acids is 1. The molecule has 0 saturated heterocycles. The molecule has 0 rings (SSSR count). The maximum atomic E-state index is 12.0. The van der Waals surface area contributed by atoms with Crippen molar-refractivity contribution in [1.82, 2.24) is 5.32 Å². The summed E-state index contributed by atoms with van der Waals surface area (Å²) in [6.45, 7) is 7.53. The SMILES string of the molecule is CCC(C)[C@H](NC(=O)C(C)(CC)CN)C(=O)O. The zero-order valence-electron chi connectivity index (χ0n) is 11.1. The third-order valence-corrected chi connectivity index (χ3v) is 3.54. The van der Waals surface area contributed by atoms with Crippen molar-refractivity contribution in [2.45, 2.75) is 46.6 Å². The summed E-state index contributed by atoms with van der Waals surface area (Å²) in [6.07, 6.45) is 1.28. The smallest absolute Gasteiger partial charge is 0.326 e. The van der Waals surface area contributed by atoms with Crippen LogP contribution in [0.4, 0.5) is 0 Å². The lowest BCUT2D eigenvalue weighted by Gasteiger charge is -2.29. The van der Waals surface area contributed by atoms with E-state index in [-0.39, 0.29) is 18.4 Å². The summed E-state index contributed by atoms with van der Waals surface area (Å²) in [5, 5.41) is 11.7. The molecule has 17 heavy (non-hydrogen) atoms. The second-order valence-corrected chi connectivity index (χ2v) is 4.79. The van der Waals surface area contributed by atoms with Gasteiger partial charge in [-0.1, -0.05) is 27.2 Å². The summed E-state index contributed by atoms with van der Waals surface area (Å²) in [5.41, 5.74) is 4.88. The van der Waals surface area contributed by atoms with E-state index < -0.39 is 17.4 Å². The van der Waals surface area contributed by atoms with E-state index in [4.69, 9.17) is 10.8 Å². The number of carbonyl (C=O) groups excluding carboxylic acids is 1. The summed E-state index contributed by atoms with van der Waals surface area (Å²) in [7, 11) is 0. The van der Waals surface area contributed by atoms with E-state index in [2.05, 4.69) is 5.32 Å². The molecule has 0 aromatic rings. The van der Waals surface area contributed by atoms with Crippen LogP contribution in [-0.2, 0) is 9.59 Å². The van der Waals surface area contributed by atoms with Crippen molar-refractivity contribution in [2.75, 3.05) is 6.54 Å². The lowest BCUT2D eigenvalue weighted by Crippen LogP contribution is -2.52. The lowest BCUT2D eigenvalue weighted by molar-refractivity contribution is -0.145. The molecule has 3 atom stereocenters. The Morgan fingerprint density at radius 3 is 2.24 bits per heavy atom. The number of hydrogen-bond donors (Lipinski definition) is 3. The average molecular weight is 244 g/mol. The number of carboxylic acids is 1. The highest BCUT2D eigenvalue weighted by Crippen LogP contribution is 2.20. The van der Waals surface area contributed by atoms with Crippen molar-refractivity contribution < 1.29 is 14.7 Å². The largest absolute Gasteiger partial charge is 0.480 e. The summed E-state index contributed by atoms with van der Waals surface area (Å²) in [6, 6.07) is -0.843. The number of carbonyl (C=O) groups is 2. The fourth-order valence-electron chi connectivity index (χ4n) is 1.40. The van der Waals surface area contributed by atoms with Gasteiger partial charge in [0.15, 0.2) is 0 Å². The number of nitrogens with one attached hydrogen (secondary N) is 1. The zero-order valence-corrected chi connectivity index (χ0v) is 11.1. The highest BCUT2D eigenvalue weighted by Gasteiger charge is 2.34. The van der Waals surface area contributed by atoms with Gasteiger partial charge >= 0.3 is 5.97 Å². The minimum atomic E-state index is -0.997. The third-order valence-electron chi connectivity index (χ3n) is 3.54. The Hall–Kier alpha value is -1.10. The molecule has 0 bridgehead atoms. The maximum absolute atomic E-state index is 12.0. The number of rotatable bonds is 7. The van der Waals surface area contributed by atoms with Gasteiger partial charge in [-0.05, 0) is 19.3 Å². The van der Waals surface area contributed by atoms with Crippen molar-refractivity contribution in [3.05, 3.63) is 0 Å². The van der Waals surface area contributed by atoms with Gasteiger partial charge in [-0.25, -0.2) is 4.79 Å². The average Bonchev–Trinajstić information content (AvgIpc) is 2.33. The van der Waals surface area contributed by atoms with Gasteiger partial charge in [-0.2, -0.15) is 0 Å². The molecule has 0 aliphatic carbocycles. The topological polar surface area (TPSA) is 92.4 Å². The summed E-state index contributed by atoms with van der Waals surface area (Å²) >= 11 is 0. The fourth-order valence-corrected chi connectivity index (χ4v) is 1.40. The highest BCUT2D eigenvalue weighted by molar-refractivity contribution is 5.87. The van der Waals surface area contributed by atoms with E-state index >= 15 is 0 Å². The molecule has 0 aliphatic rings. The molecule has 4 N–H and O–H groups in total. The second kappa shape index (κ2) is 6.59. The molecule has 0 spiro atoms. The Labute approximate surface area is 103 Å². The first kappa shape index (κ1) is 15.9. The Morgan fingerprint density at radius 1 is 1.41 bits per heavy atom. The number of carboxylic acid groups (broad SMARTS) is 1. The Kier molecular flexibility index (Phi) is 6.16. The molecule has 0 heterocycles. The van der Waals surface area contributed by atoms with E-state index in [1.807, 2.05) is 20.8 Å². The van der Waals surface area contributed by atoms with Crippen molar-refractivity contribution >= 4 is 11.9 Å². The van der Waals surface area contributed by atoms with Crippen LogP contribution in [0.3, 0.4) is 0 Å². The molecule has 100 valence electrons. The van der Waals surface area contributed by atoms with Crippen molar-refractivity contribution in [1.29, 1.82) is 0 Å². The molecule has 0 radical (unpaired) electrons. The lowest BCUT2D eigenvalue weighted by atomic mass is 9.85. The number of amides is 1. The van der Waals surface area contributed by atoms with Crippen LogP contribution in [0, 0.1) is 11.3 Å². The normalized spacial score (nSPS) is 17.9. The van der Waals surface area contributed by atoms with Crippen molar-refractivity contribution in [3.63, 3.8) is 0 Å². The molecule has 1 amide bonds. The van der Waals surface area contributed by atoms with Crippen LogP contribution in [0.5, 0.6) is 0 Å². The zero-order chi connectivity index (χ0) is 13.6. The quantitative estimate of drug-likeness (QED) is 0.622. The van der Waals surface area contributed by atoms with Gasteiger partial charge in [0.1, 0.15) is 6.04 Å². The van der Waals surface area contributed by atoms with Gasteiger partial charge in [0.2, 0.25) is 5.91 Å². The minimum Gasteiger partial charge on any atom is -0.480 e. The predicted octanol–water partition coefficient (Wildman–Crippen LogP) is 0.977. The summed E-state index contributed by atoms with van der Waals surface area (Å²) in [5.74, 6) is -1.38. The molecular weight excluding hydrogens is 220 g/mol. The monoisotopic (exact) mass is 244 g/mol. The standard InChI is InChI=1S/C12H24N2O3/c1-5-8(3)9(10(15)16)14-11(17)12(4,6-2)7-13/h8-9H,5-7,13H2,1-4H3,(H,14,17)(H,15,16)/t8?,9-,12?/m0/s1. The van der Waals surface area contributed by atoms with Crippen LogP contribution < -0.4 is 11.1 Å². The summed E-state index contributed by atoms with van der Waals surface area (Å²) < 4.78 is 0. The van der Waals surface area contributed by atoms with Crippen LogP contribution >= 0.6 is 0 Å². The molecule has 0 aromatic carbocycles. The predicted molar refractivity (Wildman–Crippen MR) is 66.5 cm³/mol. The Balaban J connectivity index is 4.78. The third kappa shape index (κ3) is 4.00. The molecule has 0 aromatic heterocycles. The Morgan fingerprint density at radius 2 is 1.94 bits per heavy atom. The van der Waals surface area contributed by atoms with Crippen LogP contribution in [0.15, 0.2) is 0 Å². The number of nitrogens with two attached hydrogens (primary N) is 1. The maximum Gasteiger partial charge on any atom is 0.326 e. The summed E-state index contributed by atoms with van der Waals surface area (Å²) in [4.78, 5) is 23.1. The molecular formula is C12H24N2O3.